The first kappa shape index (κ1) is 19.2. The Morgan fingerprint density at radius 3 is 2.57 bits per heavy atom. The highest BCUT2D eigenvalue weighted by atomic mass is 16.5. The van der Waals surface area contributed by atoms with Crippen LogP contribution in [0.2, 0.25) is 0 Å². The molecular weight excluding hydrogens is 358 g/mol. The van der Waals surface area contributed by atoms with E-state index in [4.69, 9.17) is 9.15 Å². The highest BCUT2D eigenvalue weighted by Crippen LogP contribution is 2.27. The fourth-order valence-electron chi connectivity index (χ4n) is 2.98. The summed E-state index contributed by atoms with van der Waals surface area (Å²) in [7, 11) is 0. The van der Waals surface area contributed by atoms with Gasteiger partial charge in [-0.25, -0.2) is 4.79 Å². The molecular formula is C22H21NO5. The highest BCUT2D eigenvalue weighted by molar-refractivity contribution is 5.83. The van der Waals surface area contributed by atoms with Crippen molar-refractivity contribution < 1.29 is 19.1 Å². The van der Waals surface area contributed by atoms with E-state index in [0.717, 1.165) is 24.2 Å². The quantitative estimate of drug-likeness (QED) is 0.493. The molecule has 1 aromatic heterocycles. The molecule has 0 bridgehead atoms. The standard InChI is InChI=1S/C22H21NO5/c1-3-23(4-2)18-9-8-16-12-17(22(26)28-20(16)13-18)7-5-15-6-10-19(25)21(11-15)27-14-24/h5-14,25H,3-4H2,1-2H3. The van der Waals surface area contributed by atoms with Gasteiger partial charge in [0.2, 0.25) is 0 Å². The number of carbonyl (C=O) groups excluding carboxylic acids is 1. The van der Waals surface area contributed by atoms with Gasteiger partial charge in [0.05, 0.1) is 5.56 Å². The van der Waals surface area contributed by atoms with Crippen LogP contribution in [0.1, 0.15) is 25.0 Å². The van der Waals surface area contributed by atoms with Gasteiger partial charge in [-0.05, 0) is 55.8 Å². The Morgan fingerprint density at radius 2 is 1.86 bits per heavy atom. The summed E-state index contributed by atoms with van der Waals surface area (Å²) in [5.74, 6) is -0.0925. The molecule has 1 heterocycles. The van der Waals surface area contributed by atoms with E-state index >= 15 is 0 Å². The minimum absolute atomic E-state index is 0.0478. The molecule has 2 aromatic carbocycles. The van der Waals surface area contributed by atoms with Gasteiger partial charge in [0, 0.05) is 30.2 Å². The van der Waals surface area contributed by atoms with Crippen LogP contribution in [0.15, 0.2) is 51.7 Å². The SMILES string of the molecule is CCN(CC)c1ccc2cc(C=Cc3ccc(O)c(OC=O)c3)c(=O)oc2c1. The van der Waals surface area contributed by atoms with Gasteiger partial charge >= 0.3 is 5.63 Å². The average Bonchev–Trinajstić information content (AvgIpc) is 2.69. The number of anilines is 1. The van der Waals surface area contributed by atoms with E-state index < -0.39 is 5.63 Å². The molecule has 144 valence electrons. The first-order chi connectivity index (χ1) is 13.5. The number of aromatic hydroxyl groups is 1. The Morgan fingerprint density at radius 1 is 1.07 bits per heavy atom. The lowest BCUT2D eigenvalue weighted by Crippen LogP contribution is -2.21. The lowest BCUT2D eigenvalue weighted by atomic mass is 10.1. The Hall–Kier alpha value is -3.54. The van der Waals surface area contributed by atoms with Crippen LogP contribution in [0.5, 0.6) is 11.5 Å². The maximum absolute atomic E-state index is 12.4. The van der Waals surface area contributed by atoms with Crippen LogP contribution in [0.25, 0.3) is 23.1 Å². The predicted octanol–water partition coefficient (Wildman–Crippen LogP) is 4.05. The minimum atomic E-state index is -0.441. The van der Waals surface area contributed by atoms with Crippen molar-refractivity contribution in [1.82, 2.24) is 0 Å². The average molecular weight is 379 g/mol. The van der Waals surface area contributed by atoms with Crippen LogP contribution in [-0.4, -0.2) is 24.7 Å². The van der Waals surface area contributed by atoms with Crippen molar-refractivity contribution in [2.24, 2.45) is 0 Å². The lowest BCUT2D eigenvalue weighted by Gasteiger charge is -2.20. The minimum Gasteiger partial charge on any atom is -0.504 e. The predicted molar refractivity (Wildman–Crippen MR) is 110 cm³/mol. The molecule has 28 heavy (non-hydrogen) atoms. The number of hydrogen-bond acceptors (Lipinski definition) is 6. The highest BCUT2D eigenvalue weighted by Gasteiger charge is 2.08. The zero-order valence-electron chi connectivity index (χ0n) is 15.7. The van der Waals surface area contributed by atoms with Crippen LogP contribution in [-0.2, 0) is 4.79 Å². The molecule has 0 saturated heterocycles. The third kappa shape index (κ3) is 4.06. The molecule has 1 N–H and O–H groups in total. The normalized spacial score (nSPS) is 11.1. The van der Waals surface area contributed by atoms with Gasteiger partial charge in [0.1, 0.15) is 5.58 Å². The number of fused-ring (bicyclic) bond motifs is 1. The van der Waals surface area contributed by atoms with Crippen molar-refractivity contribution in [3.8, 4) is 11.5 Å². The van der Waals surface area contributed by atoms with Crippen molar-refractivity contribution >= 4 is 35.3 Å². The molecule has 0 aliphatic rings. The molecule has 0 spiro atoms. The first-order valence-electron chi connectivity index (χ1n) is 9.00. The molecule has 0 atom stereocenters. The van der Waals surface area contributed by atoms with E-state index in [9.17, 15) is 14.7 Å². The molecule has 3 aromatic rings. The number of nitrogens with zero attached hydrogens (tertiary/aromatic N) is 1. The maximum atomic E-state index is 12.4. The van der Waals surface area contributed by atoms with Gasteiger partial charge in [-0.3, -0.25) is 4.79 Å². The maximum Gasteiger partial charge on any atom is 0.343 e. The van der Waals surface area contributed by atoms with Crippen LogP contribution in [0, 0.1) is 0 Å². The Bertz CT molecular complexity index is 1080. The van der Waals surface area contributed by atoms with Crippen molar-refractivity contribution in [2.75, 3.05) is 18.0 Å². The summed E-state index contributed by atoms with van der Waals surface area (Å²) in [5.41, 5.74) is 2.16. The van der Waals surface area contributed by atoms with Gasteiger partial charge in [0.15, 0.2) is 11.5 Å². The number of benzene rings is 2. The van der Waals surface area contributed by atoms with Gasteiger partial charge in [-0.1, -0.05) is 12.1 Å². The fraction of sp³-hybridized carbons (Fsp3) is 0.182. The third-order valence-electron chi connectivity index (χ3n) is 4.49. The van der Waals surface area contributed by atoms with E-state index in [-0.39, 0.29) is 18.0 Å². The monoisotopic (exact) mass is 379 g/mol. The molecule has 6 heteroatoms. The first-order valence-corrected chi connectivity index (χ1v) is 9.00. The lowest BCUT2D eigenvalue weighted by molar-refractivity contribution is -0.120. The van der Waals surface area contributed by atoms with E-state index in [0.29, 0.717) is 16.7 Å². The second kappa shape index (κ2) is 8.43. The van der Waals surface area contributed by atoms with E-state index in [1.54, 1.807) is 24.3 Å². The summed E-state index contributed by atoms with van der Waals surface area (Å²) in [5, 5.41) is 10.5. The van der Waals surface area contributed by atoms with Crippen LogP contribution < -0.4 is 15.3 Å². The summed E-state index contributed by atoms with van der Waals surface area (Å²) >= 11 is 0. The fourth-order valence-corrected chi connectivity index (χ4v) is 2.98. The van der Waals surface area contributed by atoms with E-state index in [1.807, 2.05) is 18.2 Å². The number of hydrogen-bond donors (Lipinski definition) is 1. The number of rotatable bonds is 7. The van der Waals surface area contributed by atoms with Crippen LogP contribution in [0.3, 0.4) is 0 Å². The number of phenolic OH excluding ortho intramolecular Hbond substituents is 1. The Labute approximate surface area is 162 Å². The Balaban J connectivity index is 1.93. The van der Waals surface area contributed by atoms with Gasteiger partial charge in [-0.15, -0.1) is 0 Å². The molecule has 0 radical (unpaired) electrons. The van der Waals surface area contributed by atoms with E-state index in [2.05, 4.69) is 18.7 Å². The summed E-state index contributed by atoms with van der Waals surface area (Å²) in [6.07, 6.45) is 3.31. The zero-order valence-corrected chi connectivity index (χ0v) is 15.7. The molecule has 0 unspecified atom stereocenters. The molecule has 0 aliphatic carbocycles. The Kier molecular flexibility index (Phi) is 5.79. The van der Waals surface area contributed by atoms with Gasteiger partial charge in [-0.2, -0.15) is 0 Å². The van der Waals surface area contributed by atoms with Crippen LogP contribution >= 0.6 is 0 Å². The van der Waals surface area contributed by atoms with Gasteiger partial charge < -0.3 is 19.2 Å². The third-order valence-corrected chi connectivity index (χ3v) is 4.49. The van der Waals surface area contributed by atoms with E-state index in [1.165, 1.54) is 12.1 Å². The zero-order chi connectivity index (χ0) is 20.1. The molecule has 3 rings (SSSR count). The van der Waals surface area contributed by atoms with Crippen molar-refractivity contribution in [3.63, 3.8) is 0 Å². The summed E-state index contributed by atoms with van der Waals surface area (Å²) in [6.45, 7) is 6.14. The van der Waals surface area contributed by atoms with Crippen LogP contribution in [0.4, 0.5) is 5.69 Å². The molecule has 0 fully saturated rings. The largest absolute Gasteiger partial charge is 0.504 e. The molecule has 6 nitrogen and oxygen atoms in total. The number of ether oxygens (including phenoxy) is 1. The second-order valence-corrected chi connectivity index (χ2v) is 6.16. The van der Waals surface area contributed by atoms with Gasteiger partial charge in [0.25, 0.3) is 6.47 Å². The summed E-state index contributed by atoms with van der Waals surface area (Å²) in [6, 6.07) is 12.1. The molecule has 0 saturated carbocycles. The van der Waals surface area contributed by atoms with Crippen molar-refractivity contribution in [1.29, 1.82) is 0 Å². The smallest absolute Gasteiger partial charge is 0.343 e. The second-order valence-electron chi connectivity index (χ2n) is 6.16. The number of carbonyl (C=O) groups is 1. The molecule has 0 aliphatic heterocycles. The van der Waals surface area contributed by atoms with Crippen molar-refractivity contribution in [3.05, 3.63) is 64.0 Å². The number of phenols is 1. The summed E-state index contributed by atoms with van der Waals surface area (Å²) in [4.78, 5) is 25.0. The summed E-state index contributed by atoms with van der Waals surface area (Å²) < 4.78 is 10.2. The van der Waals surface area contributed by atoms with Crippen molar-refractivity contribution in [2.45, 2.75) is 13.8 Å². The topological polar surface area (TPSA) is 80.0 Å². The molecule has 0 amide bonds.